The summed E-state index contributed by atoms with van der Waals surface area (Å²) in [7, 11) is 0. The molecule has 1 aliphatic carbocycles. The van der Waals surface area contributed by atoms with Crippen molar-refractivity contribution in [3.63, 3.8) is 0 Å². The van der Waals surface area contributed by atoms with Gasteiger partial charge < -0.3 is 5.32 Å². The van der Waals surface area contributed by atoms with Crippen LogP contribution >= 0.6 is 0 Å². The second kappa shape index (κ2) is 5.51. The number of likely N-dealkylation sites (tertiary alicyclic amines) is 1. The molecule has 27 heavy (non-hydrogen) atoms. The van der Waals surface area contributed by atoms with E-state index in [1.165, 1.54) is 27.8 Å². The number of halogens is 1. The molecule has 2 saturated heterocycles. The first-order chi connectivity index (χ1) is 13.3. The van der Waals surface area contributed by atoms with Crippen molar-refractivity contribution in [1.82, 2.24) is 10.2 Å². The van der Waals surface area contributed by atoms with Gasteiger partial charge in [-0.25, -0.2) is 4.39 Å². The molecule has 0 spiro atoms. The minimum absolute atomic E-state index is 0.0736. The summed E-state index contributed by atoms with van der Waals surface area (Å²) in [5, 5.41) is 3.36. The number of hydrogen-bond donors (Lipinski definition) is 1. The van der Waals surface area contributed by atoms with Gasteiger partial charge in [0.25, 0.3) is 0 Å². The topological polar surface area (TPSA) is 15.3 Å². The number of benzene rings is 3. The first kappa shape index (κ1) is 15.6. The fourth-order valence-electron chi connectivity index (χ4n) is 5.62. The van der Waals surface area contributed by atoms with Gasteiger partial charge in [-0.1, -0.05) is 78.9 Å². The summed E-state index contributed by atoms with van der Waals surface area (Å²) in [5.41, 5.74) is 5.88. The van der Waals surface area contributed by atoms with E-state index in [4.69, 9.17) is 0 Å². The molecular weight excluding hydrogens is 335 g/mol. The Bertz CT molecular complexity index is 970. The van der Waals surface area contributed by atoms with E-state index in [0.29, 0.717) is 6.54 Å². The van der Waals surface area contributed by atoms with E-state index in [1.54, 1.807) is 0 Å². The monoisotopic (exact) mass is 356 g/mol. The number of nitrogens with one attached hydrogen (secondary N) is 1. The highest BCUT2D eigenvalue weighted by molar-refractivity contribution is 5.83. The second-order valence-corrected chi connectivity index (χ2v) is 7.85. The van der Waals surface area contributed by atoms with Gasteiger partial charge in [0.1, 0.15) is 6.17 Å². The minimum Gasteiger partial charge on any atom is -0.308 e. The van der Waals surface area contributed by atoms with E-state index in [9.17, 15) is 0 Å². The molecule has 0 unspecified atom stereocenters. The molecule has 2 aliphatic heterocycles. The van der Waals surface area contributed by atoms with Gasteiger partial charge in [0, 0.05) is 13.1 Å². The summed E-state index contributed by atoms with van der Waals surface area (Å²) < 4.78 is 15.0. The zero-order chi connectivity index (χ0) is 18.0. The predicted octanol–water partition coefficient (Wildman–Crippen LogP) is 3.95. The molecule has 2 heterocycles. The highest BCUT2D eigenvalue weighted by Gasteiger charge is 2.58. The lowest BCUT2D eigenvalue weighted by Gasteiger charge is -2.45. The van der Waals surface area contributed by atoms with Crippen molar-refractivity contribution in [3.05, 3.63) is 95.6 Å². The summed E-state index contributed by atoms with van der Waals surface area (Å²) in [5.74, 6) is 0. The molecule has 3 atom stereocenters. The molecule has 6 rings (SSSR count). The molecule has 3 heteroatoms. The highest BCUT2D eigenvalue weighted by Crippen LogP contribution is 2.56. The van der Waals surface area contributed by atoms with Crippen LogP contribution in [0.15, 0.2) is 78.9 Å². The number of alkyl halides is 1. The third-order valence-corrected chi connectivity index (χ3v) is 6.68. The lowest BCUT2D eigenvalue weighted by molar-refractivity contribution is 0.113. The summed E-state index contributed by atoms with van der Waals surface area (Å²) in [6, 6.07) is 27.8. The third-order valence-electron chi connectivity index (χ3n) is 6.68. The van der Waals surface area contributed by atoms with Gasteiger partial charge in [-0.15, -0.1) is 0 Å². The van der Waals surface area contributed by atoms with Crippen LogP contribution in [0, 0.1) is 0 Å². The fraction of sp³-hybridized carbons (Fsp3) is 0.250. The van der Waals surface area contributed by atoms with Crippen LogP contribution in [-0.2, 0) is 5.54 Å². The zero-order valence-electron chi connectivity index (χ0n) is 15.0. The molecule has 1 N–H and O–H groups in total. The number of piperazine rings is 1. The van der Waals surface area contributed by atoms with Gasteiger partial charge in [-0.2, -0.15) is 0 Å². The fourth-order valence-corrected chi connectivity index (χ4v) is 5.62. The predicted molar refractivity (Wildman–Crippen MR) is 105 cm³/mol. The number of nitrogens with zero attached hydrogens (tertiary/aromatic N) is 1. The quantitative estimate of drug-likeness (QED) is 0.748. The highest BCUT2D eigenvalue weighted by atomic mass is 19.1. The molecule has 0 amide bonds. The van der Waals surface area contributed by atoms with Gasteiger partial charge >= 0.3 is 0 Å². The molecule has 2 fully saturated rings. The first-order valence-electron chi connectivity index (χ1n) is 9.71. The molecule has 0 saturated carbocycles. The first-order valence-corrected chi connectivity index (χ1v) is 9.71. The molecular formula is C24H21FN2. The van der Waals surface area contributed by atoms with Crippen LogP contribution in [0.3, 0.4) is 0 Å². The van der Waals surface area contributed by atoms with Crippen LogP contribution in [0.5, 0.6) is 0 Å². The average molecular weight is 356 g/mol. The standard InChI is InChI=1S/C24H21FN2/c25-23-21-15-27(22(23)14-26-21)24(16-8-2-1-3-9-16)19-12-6-4-10-17(19)18-11-5-7-13-20(18)24/h1-13,21-23,26H,14-15H2/t21-,22-,23-/m0/s1. The molecule has 3 aliphatic rings. The molecule has 3 aromatic carbocycles. The van der Waals surface area contributed by atoms with Crippen LogP contribution in [0.25, 0.3) is 11.1 Å². The van der Waals surface area contributed by atoms with Gasteiger partial charge in [0.15, 0.2) is 0 Å². The van der Waals surface area contributed by atoms with Crippen molar-refractivity contribution in [2.45, 2.75) is 23.8 Å². The Labute approximate surface area is 158 Å². The van der Waals surface area contributed by atoms with E-state index in [-0.39, 0.29) is 12.1 Å². The lowest BCUT2D eigenvalue weighted by atomic mass is 9.78. The van der Waals surface area contributed by atoms with Crippen molar-refractivity contribution in [3.8, 4) is 11.1 Å². The Morgan fingerprint density at radius 3 is 1.96 bits per heavy atom. The van der Waals surface area contributed by atoms with Crippen molar-refractivity contribution >= 4 is 0 Å². The Balaban J connectivity index is 1.71. The zero-order valence-corrected chi connectivity index (χ0v) is 15.0. The summed E-state index contributed by atoms with van der Waals surface area (Å²) in [6.07, 6.45) is -0.814. The van der Waals surface area contributed by atoms with Crippen LogP contribution in [0.4, 0.5) is 4.39 Å². The Hall–Kier alpha value is -2.49. The van der Waals surface area contributed by atoms with Gasteiger partial charge in [-0.05, 0) is 27.8 Å². The van der Waals surface area contributed by atoms with E-state index in [1.807, 2.05) is 0 Å². The number of hydrogen-bond acceptors (Lipinski definition) is 2. The SMILES string of the molecule is F[C@H]1[C@@H]2CN(C3(c4ccccc4)c4ccccc4-c4ccccc43)[C@H]1CN2. The maximum Gasteiger partial charge on any atom is 0.133 e. The van der Waals surface area contributed by atoms with E-state index in [0.717, 1.165) is 6.54 Å². The summed E-state index contributed by atoms with van der Waals surface area (Å²) in [6.45, 7) is 1.44. The molecule has 2 nitrogen and oxygen atoms in total. The van der Waals surface area contributed by atoms with Crippen molar-refractivity contribution in [2.75, 3.05) is 13.1 Å². The summed E-state index contributed by atoms with van der Waals surface area (Å²) in [4.78, 5) is 2.43. The molecule has 0 aromatic heterocycles. The van der Waals surface area contributed by atoms with Crippen LogP contribution in [0.1, 0.15) is 16.7 Å². The van der Waals surface area contributed by atoms with Gasteiger partial charge in [-0.3, -0.25) is 4.90 Å². The van der Waals surface area contributed by atoms with E-state index in [2.05, 4.69) is 89.1 Å². The van der Waals surface area contributed by atoms with Crippen molar-refractivity contribution < 1.29 is 4.39 Å². The second-order valence-electron chi connectivity index (χ2n) is 7.85. The lowest BCUT2D eigenvalue weighted by Crippen LogP contribution is -2.55. The molecule has 3 aromatic rings. The Morgan fingerprint density at radius 1 is 0.815 bits per heavy atom. The Morgan fingerprint density at radius 2 is 1.41 bits per heavy atom. The van der Waals surface area contributed by atoms with Crippen LogP contribution in [-0.4, -0.2) is 36.2 Å². The molecule has 2 bridgehead atoms. The average Bonchev–Trinajstić information content (AvgIpc) is 3.35. The molecule has 134 valence electrons. The minimum atomic E-state index is -0.814. The van der Waals surface area contributed by atoms with Crippen molar-refractivity contribution in [1.29, 1.82) is 0 Å². The smallest absolute Gasteiger partial charge is 0.133 e. The van der Waals surface area contributed by atoms with E-state index >= 15 is 4.39 Å². The Kier molecular flexibility index (Phi) is 3.17. The number of fused-ring (bicyclic) bond motifs is 5. The van der Waals surface area contributed by atoms with Gasteiger partial charge in [0.05, 0.1) is 17.6 Å². The maximum absolute atomic E-state index is 15.0. The summed E-state index contributed by atoms with van der Waals surface area (Å²) >= 11 is 0. The van der Waals surface area contributed by atoms with Crippen LogP contribution < -0.4 is 5.32 Å². The van der Waals surface area contributed by atoms with Gasteiger partial charge in [0.2, 0.25) is 0 Å². The number of rotatable bonds is 2. The molecule has 0 radical (unpaired) electrons. The maximum atomic E-state index is 15.0. The van der Waals surface area contributed by atoms with E-state index < -0.39 is 11.7 Å². The van der Waals surface area contributed by atoms with Crippen molar-refractivity contribution in [2.24, 2.45) is 0 Å². The van der Waals surface area contributed by atoms with Crippen LogP contribution in [0.2, 0.25) is 0 Å². The third kappa shape index (κ3) is 1.86. The largest absolute Gasteiger partial charge is 0.308 e. The normalized spacial score (nSPS) is 27.5.